The van der Waals surface area contributed by atoms with Crippen LogP contribution in [0, 0.1) is 11.8 Å². The fraction of sp³-hybridized carbons (Fsp3) is 0.476. The summed E-state index contributed by atoms with van der Waals surface area (Å²) in [7, 11) is 2.99. The summed E-state index contributed by atoms with van der Waals surface area (Å²) in [5, 5.41) is 52.1. The first-order valence-corrected chi connectivity index (χ1v) is 40.8. The fourth-order valence-electron chi connectivity index (χ4n) is 13.9. The number of alkyl halides is 2. The van der Waals surface area contributed by atoms with Gasteiger partial charge in [-0.05, 0) is 70.5 Å². The molecule has 37 heteroatoms. The highest BCUT2D eigenvalue weighted by molar-refractivity contribution is 7.16. The van der Waals surface area contributed by atoms with Crippen molar-refractivity contribution in [1.82, 2.24) is 25.3 Å². The van der Waals surface area contributed by atoms with Gasteiger partial charge in [-0.3, -0.25) is 38.5 Å². The van der Waals surface area contributed by atoms with Crippen molar-refractivity contribution >= 4 is 139 Å². The number of aliphatic carboxylic acids is 1. The molecule has 10 amide bonds. The lowest BCUT2D eigenvalue weighted by Crippen LogP contribution is -2.61. The van der Waals surface area contributed by atoms with Crippen molar-refractivity contribution in [2.75, 3.05) is 160 Å². The number of hydrogen-bond donors (Lipinski definition) is 8. The molecule has 1 saturated heterocycles. The molecule has 1 fully saturated rings. The van der Waals surface area contributed by atoms with E-state index in [0.29, 0.717) is 109 Å². The molecule has 119 heavy (non-hydrogen) atoms. The molecule has 0 bridgehead atoms. The van der Waals surface area contributed by atoms with Crippen molar-refractivity contribution in [3.63, 3.8) is 0 Å². The van der Waals surface area contributed by atoms with Crippen LogP contribution in [0.25, 0.3) is 21.5 Å². The zero-order valence-electron chi connectivity index (χ0n) is 66.2. The Morgan fingerprint density at radius 3 is 1.64 bits per heavy atom. The molecule has 34 nitrogen and oxygen atoms in total. The molecule has 4 aliphatic rings. The first-order chi connectivity index (χ1) is 57.3. The molecule has 5 aromatic carbocycles. The van der Waals surface area contributed by atoms with Gasteiger partial charge in [0.25, 0.3) is 23.6 Å². The number of carboxylic acid groups (broad SMARTS) is 1. The van der Waals surface area contributed by atoms with E-state index < -0.39 is 90.5 Å². The number of carbonyl (C=O) groups is 11. The number of fused-ring (bicyclic) bond motifs is 6. The van der Waals surface area contributed by atoms with Crippen LogP contribution in [0.5, 0.6) is 11.5 Å². The Balaban J connectivity index is 0.655. The van der Waals surface area contributed by atoms with E-state index in [4.69, 9.17) is 76.3 Å². The normalized spacial score (nSPS) is 18.6. The third-order valence-electron chi connectivity index (χ3n) is 20.2. The number of anilines is 3. The summed E-state index contributed by atoms with van der Waals surface area (Å²) in [4.78, 5) is 152. The van der Waals surface area contributed by atoms with Crippen LogP contribution in [0.15, 0.2) is 109 Å². The number of aliphatic hydroxyl groups is 3. The third-order valence-corrected chi connectivity index (χ3v) is 22.1. The lowest BCUT2D eigenvalue weighted by Gasteiger charge is -2.38. The van der Waals surface area contributed by atoms with Crippen molar-refractivity contribution in [3.8, 4) is 11.5 Å². The molecule has 4 aliphatic heterocycles. The highest BCUT2D eigenvalue weighted by Gasteiger charge is 2.49. The molecule has 9 N–H and O–H groups in total. The number of carbonyl (C=O) groups excluding carboxylic acids is 10. The molecular formula is C82H99Cl2N9O25S. The molecule has 10 rings (SSSR count). The van der Waals surface area contributed by atoms with Crippen LogP contribution in [0.2, 0.25) is 0 Å². The summed E-state index contributed by atoms with van der Waals surface area (Å²) >= 11 is 14.2. The van der Waals surface area contributed by atoms with Crippen LogP contribution >= 0.6 is 34.5 Å². The van der Waals surface area contributed by atoms with E-state index in [-0.39, 0.29) is 160 Å². The molecule has 9 atom stereocenters. The first kappa shape index (κ1) is 91.3. The maximum Gasteiger partial charge on any atom is 0.415 e. The minimum absolute atomic E-state index is 0.00272. The van der Waals surface area contributed by atoms with E-state index in [1.807, 2.05) is 12.1 Å². The molecular weight excluding hydrogens is 1610 g/mol. The molecule has 1 aromatic heterocycles. The average molecular weight is 1710 g/mol. The summed E-state index contributed by atoms with van der Waals surface area (Å²) in [6.07, 6.45) is -8.27. The Hall–Kier alpha value is -9.99. The highest BCUT2D eigenvalue weighted by Crippen LogP contribution is 2.49. The lowest BCUT2D eigenvalue weighted by molar-refractivity contribution is -0.270. The number of ether oxygens (including phenoxy) is 10. The number of ketones is 1. The maximum absolute atomic E-state index is 14.9. The van der Waals surface area contributed by atoms with E-state index in [1.165, 1.54) is 51.9 Å². The highest BCUT2D eigenvalue weighted by atomic mass is 35.5. The zero-order valence-corrected chi connectivity index (χ0v) is 68.5. The molecule has 642 valence electrons. The van der Waals surface area contributed by atoms with Gasteiger partial charge in [-0.1, -0.05) is 74.5 Å². The van der Waals surface area contributed by atoms with Gasteiger partial charge < -0.3 is 109 Å². The van der Waals surface area contributed by atoms with E-state index in [2.05, 4.69) is 16.0 Å². The maximum atomic E-state index is 14.9. The number of thiophene rings is 1. The molecule has 5 heterocycles. The molecule has 2 unspecified atom stereocenters. The van der Waals surface area contributed by atoms with Crippen LogP contribution < -0.4 is 41.0 Å². The summed E-state index contributed by atoms with van der Waals surface area (Å²) in [5.41, 5.74) is 8.50. The van der Waals surface area contributed by atoms with Gasteiger partial charge in [0.15, 0.2) is 11.9 Å². The van der Waals surface area contributed by atoms with E-state index in [0.717, 1.165) is 21.8 Å². The minimum atomic E-state index is -1.96. The number of hydrogen-bond acceptors (Lipinski definition) is 25. The van der Waals surface area contributed by atoms with Crippen molar-refractivity contribution in [1.29, 1.82) is 0 Å². The second-order valence-electron chi connectivity index (χ2n) is 28.9. The predicted molar refractivity (Wildman–Crippen MR) is 436 cm³/mol. The molecule has 6 aromatic rings. The number of aliphatic hydroxyl groups excluding tert-OH is 3. The molecule has 0 spiro atoms. The van der Waals surface area contributed by atoms with Crippen molar-refractivity contribution < 1.29 is 121 Å². The summed E-state index contributed by atoms with van der Waals surface area (Å²) in [6, 6.07) is 25.3. The van der Waals surface area contributed by atoms with Gasteiger partial charge in [0, 0.05) is 130 Å². The Morgan fingerprint density at radius 1 is 0.630 bits per heavy atom. The number of likely N-dealkylation sites (N-methyl/N-ethyl adjacent to an activating group) is 2. The Bertz CT molecular complexity index is 4600. The number of rotatable bonds is 45. The number of halogens is 2. The van der Waals surface area contributed by atoms with Crippen molar-refractivity contribution in [2.24, 2.45) is 17.6 Å². The summed E-state index contributed by atoms with van der Waals surface area (Å²) < 4.78 is 56.3. The van der Waals surface area contributed by atoms with Gasteiger partial charge in [0.1, 0.15) is 36.4 Å². The standard InChI is InChI=1S/C82H99Cl2N9O25S/c1-48(2)70(88-65(95)23-28-109-30-32-111-34-36-113-38-39-114-37-35-112-33-31-110-29-27-91-66(96)21-22-67(91)97)60(94)40-50(10-9-24-86-80(85)106)75(101)87-53-17-15-49(16-18-53)47-115-81(107)89(3)25-26-90(4)82(108)117-62-42-59-69(57-14-8-6-12-55(57)62)52(44-84)46-93(59)77(103)64-20-19-63(119-64)76(102)92-45-51(43-83)68-56-13-7-5-11-54(56)61(41-58(68)92)116-79-73(100)71(98)72(99)74(118-79)78(104)105/h5-8,11-22,41-42,48,50-52,70-74,79,98-100H,9-10,23-40,43-47H2,1-4H3,(H,87,101)(H,88,95)(H,104,105)(H3,85,86,106)/t50-,51-,52-,70+,71+,72+,73?,74?,79-/m1/s1. The third kappa shape index (κ3) is 24.2. The molecule has 0 aliphatic carbocycles. The summed E-state index contributed by atoms with van der Waals surface area (Å²) in [5.74, 6) is -6.02. The number of Topliss-reactive ketones (excluding diaryl/α,β-unsaturated/α-hetero) is 1. The average Bonchev–Trinajstić information content (AvgIpc) is 1.61. The number of imide groups is 1. The second kappa shape index (κ2) is 44.3. The summed E-state index contributed by atoms with van der Waals surface area (Å²) in [6.45, 7) is 7.45. The Labute approximate surface area is 699 Å². The monoisotopic (exact) mass is 1710 g/mol. The first-order valence-electron chi connectivity index (χ1n) is 38.9. The van der Waals surface area contributed by atoms with Gasteiger partial charge >= 0.3 is 24.2 Å². The largest absolute Gasteiger partial charge is 0.479 e. The number of amides is 10. The lowest BCUT2D eigenvalue weighted by atomic mass is 9.89. The Kier molecular flexibility index (Phi) is 34.0. The number of nitrogens with two attached hydrogens (primary N) is 1. The van der Waals surface area contributed by atoms with Crippen molar-refractivity contribution in [2.45, 2.75) is 94.7 Å². The van der Waals surface area contributed by atoms with Crippen molar-refractivity contribution in [3.05, 3.63) is 136 Å². The van der Waals surface area contributed by atoms with Gasteiger partial charge in [0.05, 0.1) is 113 Å². The van der Waals surface area contributed by atoms with Crippen LogP contribution in [-0.4, -0.2) is 282 Å². The number of carboxylic acids is 1. The van der Waals surface area contributed by atoms with Crippen LogP contribution in [0.1, 0.15) is 87.4 Å². The van der Waals surface area contributed by atoms with Crippen LogP contribution in [-0.2, 0) is 73.3 Å². The van der Waals surface area contributed by atoms with Gasteiger partial charge in [-0.2, -0.15) is 0 Å². The smallest absolute Gasteiger partial charge is 0.415 e. The van der Waals surface area contributed by atoms with E-state index in [9.17, 15) is 73.2 Å². The number of urea groups is 1. The quantitative estimate of drug-likeness (QED) is 0.0115. The minimum Gasteiger partial charge on any atom is -0.479 e. The second-order valence-corrected chi connectivity index (χ2v) is 30.6. The Morgan fingerprint density at radius 2 is 1.13 bits per heavy atom. The number of primary amides is 1. The van der Waals surface area contributed by atoms with Gasteiger partial charge in [0.2, 0.25) is 18.1 Å². The number of nitrogens with zero attached hydrogens (tertiary/aromatic N) is 5. The van der Waals surface area contributed by atoms with Gasteiger partial charge in [-0.25, -0.2) is 19.2 Å². The van der Waals surface area contributed by atoms with Crippen LogP contribution in [0.4, 0.5) is 31.4 Å². The number of benzene rings is 5. The van der Waals surface area contributed by atoms with E-state index in [1.54, 1.807) is 92.7 Å². The zero-order chi connectivity index (χ0) is 85.4. The molecule has 0 radical (unpaired) electrons. The van der Waals surface area contributed by atoms with Gasteiger partial charge in [-0.15, -0.1) is 34.5 Å². The topological polar surface area (TPSA) is 439 Å². The SMILES string of the molecule is CC(C)[C@H](NC(=O)CCOCCOCCOCCOCCOCCOCCN1C(=O)C=CC1=O)C(=O)C[C@@H](CCCNC(N)=O)C(=O)Nc1ccc(COC(=O)N(C)CCN(C)C(=O)Oc2cc3c(c4ccccc24)[C@H](CCl)CN3C(=O)c2ccc(C(=O)N3C[C@@H](CCl)c4c3cc(O[C@@H]3OC(C(=O)O)[C@@H](O)[C@H](O)C3O)c3ccccc43)s2)cc1. The van der Waals surface area contributed by atoms with Crippen LogP contribution in [0.3, 0.4) is 0 Å². The number of nitrogens with one attached hydrogen (secondary N) is 3. The fourth-order valence-corrected chi connectivity index (χ4v) is 15.3. The molecule has 0 saturated carbocycles. The predicted octanol–water partition coefficient (Wildman–Crippen LogP) is 6.51. The van der Waals surface area contributed by atoms with E-state index >= 15 is 0 Å².